The van der Waals surface area contributed by atoms with Crippen LogP contribution in [0.1, 0.15) is 71.1 Å². The van der Waals surface area contributed by atoms with Gasteiger partial charge in [0.25, 0.3) is 0 Å². The van der Waals surface area contributed by atoms with Gasteiger partial charge >= 0.3 is 226 Å². The standard InChI is InChI=1S/C36H45P/c1-2-3-4-5-6-7-8-9-10-23-32-37(33-24-15-11-16-25-33,34-26-17-12-18-27-34,35-28-19-13-20-29-35)36-30-21-14-22-31-36/h11-22,24-31H,2-10,23,32H2,1H3. The summed E-state index contributed by atoms with van der Waals surface area (Å²) in [5, 5.41) is 5.92. The van der Waals surface area contributed by atoms with Gasteiger partial charge in [-0.3, -0.25) is 0 Å². The molecule has 0 heterocycles. The average Bonchev–Trinajstić information content (AvgIpc) is 2.98. The summed E-state index contributed by atoms with van der Waals surface area (Å²) in [7, 11) is 0. The summed E-state index contributed by atoms with van der Waals surface area (Å²) >= 11 is 0. The van der Waals surface area contributed by atoms with E-state index in [1.807, 2.05) is 0 Å². The molecule has 0 N–H and O–H groups in total. The zero-order chi connectivity index (χ0) is 25.7. The van der Waals surface area contributed by atoms with Crippen LogP contribution in [0.25, 0.3) is 0 Å². The molecule has 0 saturated heterocycles. The zero-order valence-corrected chi connectivity index (χ0v) is 23.7. The summed E-state index contributed by atoms with van der Waals surface area (Å²) in [5.41, 5.74) is 0. The molecule has 0 aliphatic carbocycles. The summed E-state index contributed by atoms with van der Waals surface area (Å²) in [4.78, 5) is 0. The first-order valence-electron chi connectivity index (χ1n) is 14.6. The van der Waals surface area contributed by atoms with E-state index in [0.717, 1.165) is 0 Å². The molecule has 0 aliphatic rings. The van der Waals surface area contributed by atoms with Gasteiger partial charge in [0, 0.05) is 0 Å². The Morgan fingerprint density at radius 1 is 0.351 bits per heavy atom. The summed E-state index contributed by atoms with van der Waals surface area (Å²) in [5.74, 6) is 0. The van der Waals surface area contributed by atoms with Gasteiger partial charge in [-0.2, -0.15) is 0 Å². The maximum absolute atomic E-state index is 2.97. The first-order chi connectivity index (χ1) is 18.3. The van der Waals surface area contributed by atoms with Gasteiger partial charge in [-0.15, -0.1) is 0 Å². The molecule has 0 aromatic heterocycles. The molecule has 0 spiro atoms. The van der Waals surface area contributed by atoms with Gasteiger partial charge in [0.2, 0.25) is 0 Å². The maximum atomic E-state index is 2.40. The van der Waals surface area contributed by atoms with Gasteiger partial charge in [0.05, 0.1) is 0 Å². The number of hydrogen-bond donors (Lipinski definition) is 0. The molecule has 0 unspecified atom stereocenters. The Bertz CT molecular complexity index is 983. The molecule has 0 amide bonds. The van der Waals surface area contributed by atoms with Crippen LogP contribution in [0.3, 0.4) is 0 Å². The van der Waals surface area contributed by atoms with E-state index in [0.29, 0.717) is 0 Å². The molecular formula is C36H45P. The van der Waals surface area contributed by atoms with E-state index >= 15 is 0 Å². The van der Waals surface area contributed by atoms with Crippen LogP contribution in [0.5, 0.6) is 0 Å². The van der Waals surface area contributed by atoms with E-state index in [2.05, 4.69) is 128 Å². The second kappa shape index (κ2) is 13.7. The predicted octanol–water partition coefficient (Wildman–Crippen LogP) is 8.76. The molecule has 1 heteroatoms. The minimum absolute atomic E-state index is 1.17. The van der Waals surface area contributed by atoms with Gasteiger partial charge in [-0.1, -0.05) is 0 Å². The van der Waals surface area contributed by atoms with Crippen LogP contribution in [-0.2, 0) is 0 Å². The Balaban J connectivity index is 1.74. The van der Waals surface area contributed by atoms with Crippen LogP contribution in [0, 0.1) is 0 Å². The topological polar surface area (TPSA) is 0 Å². The summed E-state index contributed by atoms with van der Waals surface area (Å²) in [6.45, 7) is -0.671. The molecule has 194 valence electrons. The summed E-state index contributed by atoms with van der Waals surface area (Å²) < 4.78 is 0. The summed E-state index contributed by atoms with van der Waals surface area (Å²) in [6, 6.07) is 45.8. The number of rotatable bonds is 15. The Hall–Kier alpha value is -2.69. The fraction of sp³-hybridized carbons (Fsp3) is 0.333. The number of benzene rings is 4. The van der Waals surface area contributed by atoms with Crippen LogP contribution in [0.15, 0.2) is 121 Å². The molecule has 0 aliphatic heterocycles. The van der Waals surface area contributed by atoms with Crippen LogP contribution in [0.4, 0.5) is 0 Å². The van der Waals surface area contributed by atoms with Crippen molar-refractivity contribution in [2.24, 2.45) is 0 Å². The predicted molar refractivity (Wildman–Crippen MR) is 168 cm³/mol. The van der Waals surface area contributed by atoms with E-state index in [-0.39, 0.29) is 0 Å². The van der Waals surface area contributed by atoms with Crippen LogP contribution < -0.4 is 21.2 Å². The Morgan fingerprint density at radius 3 is 0.919 bits per heavy atom. The average molecular weight is 509 g/mol. The van der Waals surface area contributed by atoms with E-state index in [1.54, 1.807) is 0 Å². The van der Waals surface area contributed by atoms with Crippen molar-refractivity contribution >= 4 is 27.8 Å². The van der Waals surface area contributed by atoms with Crippen molar-refractivity contribution in [2.45, 2.75) is 71.1 Å². The fourth-order valence-electron chi connectivity index (χ4n) is 6.35. The number of unbranched alkanes of at least 4 members (excludes halogenated alkanes) is 9. The van der Waals surface area contributed by atoms with Crippen molar-refractivity contribution in [3.8, 4) is 0 Å². The van der Waals surface area contributed by atoms with Crippen molar-refractivity contribution < 1.29 is 0 Å². The van der Waals surface area contributed by atoms with Gasteiger partial charge in [-0.05, 0) is 0 Å². The van der Waals surface area contributed by atoms with Crippen molar-refractivity contribution in [1.82, 2.24) is 0 Å². The molecular weight excluding hydrogens is 463 g/mol. The first-order valence-corrected chi connectivity index (χ1v) is 17.0. The van der Waals surface area contributed by atoms with E-state index in [1.165, 1.54) is 91.6 Å². The molecule has 0 saturated carbocycles. The Labute approximate surface area is 226 Å². The molecule has 4 aromatic carbocycles. The first kappa shape index (κ1) is 27.3. The Kier molecular flexibility index (Phi) is 10.2. The van der Waals surface area contributed by atoms with Crippen molar-refractivity contribution in [1.29, 1.82) is 0 Å². The van der Waals surface area contributed by atoms with E-state index in [9.17, 15) is 0 Å². The normalized spacial score (nSPS) is 12.6. The molecule has 0 fully saturated rings. The molecule has 37 heavy (non-hydrogen) atoms. The van der Waals surface area contributed by atoms with Gasteiger partial charge in [0.15, 0.2) is 0 Å². The molecule has 0 atom stereocenters. The fourth-order valence-corrected chi connectivity index (χ4v) is 13.4. The molecule has 0 nitrogen and oxygen atoms in total. The second-order valence-corrected chi connectivity index (χ2v) is 15.7. The summed E-state index contributed by atoms with van der Waals surface area (Å²) in [6.07, 6.45) is 14.8. The van der Waals surface area contributed by atoms with Crippen molar-refractivity contribution in [3.63, 3.8) is 0 Å². The van der Waals surface area contributed by atoms with Crippen LogP contribution >= 0.6 is 6.60 Å². The third-order valence-corrected chi connectivity index (χ3v) is 15.2. The van der Waals surface area contributed by atoms with Gasteiger partial charge in [-0.25, -0.2) is 0 Å². The van der Waals surface area contributed by atoms with Crippen molar-refractivity contribution in [3.05, 3.63) is 121 Å². The monoisotopic (exact) mass is 508 g/mol. The van der Waals surface area contributed by atoms with Gasteiger partial charge in [0.1, 0.15) is 0 Å². The molecule has 4 aromatic rings. The molecule has 4 rings (SSSR count). The third kappa shape index (κ3) is 5.76. The molecule has 0 radical (unpaired) electrons. The SMILES string of the molecule is CCCCCCCCCCCCP(c1ccccc1)(c1ccccc1)(c1ccccc1)c1ccccc1. The van der Waals surface area contributed by atoms with Crippen LogP contribution in [-0.4, -0.2) is 6.16 Å². The Morgan fingerprint density at radius 2 is 0.622 bits per heavy atom. The zero-order valence-electron chi connectivity index (χ0n) is 22.8. The van der Waals surface area contributed by atoms with E-state index in [4.69, 9.17) is 0 Å². The minimum atomic E-state index is -2.97. The third-order valence-electron chi connectivity index (χ3n) is 8.26. The molecule has 0 bridgehead atoms. The second-order valence-electron chi connectivity index (χ2n) is 10.6. The van der Waals surface area contributed by atoms with E-state index < -0.39 is 6.60 Å². The number of hydrogen-bond acceptors (Lipinski definition) is 0. The van der Waals surface area contributed by atoms with Crippen molar-refractivity contribution in [2.75, 3.05) is 6.16 Å². The van der Waals surface area contributed by atoms with Crippen LogP contribution in [0.2, 0.25) is 0 Å². The van der Waals surface area contributed by atoms with Gasteiger partial charge < -0.3 is 0 Å². The quantitative estimate of drug-likeness (QED) is 0.111.